The Kier molecular flexibility index (Phi) is 5.28. The Labute approximate surface area is 118 Å². The van der Waals surface area contributed by atoms with Gasteiger partial charge in [-0.3, -0.25) is 0 Å². The highest BCUT2D eigenvalue weighted by Crippen LogP contribution is 2.29. The van der Waals surface area contributed by atoms with Gasteiger partial charge in [0.15, 0.2) is 0 Å². The second kappa shape index (κ2) is 6.10. The molecule has 18 heavy (non-hydrogen) atoms. The first-order valence-corrected chi connectivity index (χ1v) is 8.10. The molecule has 0 fully saturated rings. The maximum Gasteiger partial charge on any atom is 0.148 e. The third-order valence-corrected chi connectivity index (χ3v) is 3.98. The van der Waals surface area contributed by atoms with Crippen molar-refractivity contribution in [2.24, 2.45) is 0 Å². The van der Waals surface area contributed by atoms with Crippen molar-refractivity contribution in [3.8, 4) is 0 Å². The van der Waals surface area contributed by atoms with Crippen LogP contribution in [0.5, 0.6) is 0 Å². The van der Waals surface area contributed by atoms with Gasteiger partial charge in [0.2, 0.25) is 0 Å². The summed E-state index contributed by atoms with van der Waals surface area (Å²) in [7, 11) is -1.11. The van der Waals surface area contributed by atoms with E-state index in [1.807, 2.05) is 11.9 Å². The van der Waals surface area contributed by atoms with E-state index >= 15 is 0 Å². The van der Waals surface area contributed by atoms with E-state index in [9.17, 15) is 8.42 Å². The van der Waals surface area contributed by atoms with Gasteiger partial charge in [0.25, 0.3) is 0 Å². The summed E-state index contributed by atoms with van der Waals surface area (Å²) in [6.07, 6.45) is 1.22. The fourth-order valence-corrected chi connectivity index (χ4v) is 2.62. The summed E-state index contributed by atoms with van der Waals surface area (Å²) in [5.74, 6) is 0.125. The minimum atomic E-state index is -2.95. The van der Waals surface area contributed by atoms with E-state index in [0.717, 1.165) is 5.56 Å². The van der Waals surface area contributed by atoms with Crippen LogP contribution in [0.15, 0.2) is 12.1 Å². The zero-order valence-corrected chi connectivity index (χ0v) is 12.6. The van der Waals surface area contributed by atoms with Crippen molar-refractivity contribution in [1.29, 1.82) is 0 Å². The largest absolute Gasteiger partial charge is 0.396 e. The van der Waals surface area contributed by atoms with Crippen LogP contribution < -0.4 is 5.73 Å². The molecule has 0 amide bonds. The fourth-order valence-electron chi connectivity index (χ4n) is 1.44. The van der Waals surface area contributed by atoms with Crippen LogP contribution in [0.3, 0.4) is 0 Å². The van der Waals surface area contributed by atoms with Crippen LogP contribution in [0.25, 0.3) is 0 Å². The molecule has 0 heterocycles. The molecule has 7 heteroatoms. The van der Waals surface area contributed by atoms with Gasteiger partial charge < -0.3 is 10.6 Å². The molecular weight excluding hydrogens is 295 g/mol. The van der Waals surface area contributed by atoms with E-state index in [-0.39, 0.29) is 5.75 Å². The van der Waals surface area contributed by atoms with Gasteiger partial charge in [-0.1, -0.05) is 23.2 Å². The van der Waals surface area contributed by atoms with Gasteiger partial charge >= 0.3 is 0 Å². The summed E-state index contributed by atoms with van der Waals surface area (Å²) in [5, 5.41) is 0.822. The normalized spacial score (nSPS) is 12.1. The monoisotopic (exact) mass is 310 g/mol. The van der Waals surface area contributed by atoms with Gasteiger partial charge in [-0.25, -0.2) is 8.42 Å². The molecule has 0 spiro atoms. The number of nitrogen functional groups attached to an aromatic ring is 1. The number of rotatable bonds is 5. The predicted octanol–water partition coefficient (Wildman–Crippen LogP) is 2.05. The molecular formula is C11H16Cl2N2O2S. The Morgan fingerprint density at radius 1 is 1.28 bits per heavy atom. The minimum Gasteiger partial charge on any atom is -0.396 e. The fraction of sp³-hybridized carbons (Fsp3) is 0.455. The number of benzene rings is 1. The first kappa shape index (κ1) is 15.6. The third-order valence-electron chi connectivity index (χ3n) is 2.44. The second-order valence-electron chi connectivity index (χ2n) is 4.34. The molecule has 1 aromatic carbocycles. The summed E-state index contributed by atoms with van der Waals surface area (Å²) in [6, 6.07) is 3.47. The first-order chi connectivity index (χ1) is 8.19. The number of sulfone groups is 1. The molecule has 4 nitrogen and oxygen atoms in total. The molecule has 2 N–H and O–H groups in total. The second-order valence-corrected chi connectivity index (χ2v) is 7.41. The van der Waals surface area contributed by atoms with Gasteiger partial charge in [-0.05, 0) is 24.7 Å². The quantitative estimate of drug-likeness (QED) is 0.845. The van der Waals surface area contributed by atoms with Crippen LogP contribution in [0.4, 0.5) is 5.69 Å². The number of nitrogens with zero attached hydrogens (tertiary/aromatic N) is 1. The van der Waals surface area contributed by atoms with E-state index in [4.69, 9.17) is 28.9 Å². The zero-order valence-electron chi connectivity index (χ0n) is 10.3. The molecule has 0 aliphatic carbocycles. The lowest BCUT2D eigenvalue weighted by atomic mass is 10.2. The smallest absolute Gasteiger partial charge is 0.148 e. The van der Waals surface area contributed by atoms with E-state index in [2.05, 4.69) is 0 Å². The summed E-state index contributed by atoms with van der Waals surface area (Å²) in [6.45, 7) is 1.02. The molecule has 0 atom stereocenters. The van der Waals surface area contributed by atoms with Crippen LogP contribution >= 0.6 is 23.2 Å². The lowest BCUT2D eigenvalue weighted by molar-refractivity contribution is 0.346. The topological polar surface area (TPSA) is 63.4 Å². The molecule has 0 bridgehead atoms. The average molecular weight is 311 g/mol. The molecule has 102 valence electrons. The van der Waals surface area contributed by atoms with Crippen LogP contribution in [0.2, 0.25) is 10.0 Å². The van der Waals surface area contributed by atoms with Crippen molar-refractivity contribution < 1.29 is 8.42 Å². The van der Waals surface area contributed by atoms with E-state index in [1.54, 1.807) is 12.1 Å². The van der Waals surface area contributed by atoms with Crippen molar-refractivity contribution in [3.05, 3.63) is 27.7 Å². The van der Waals surface area contributed by atoms with Crippen molar-refractivity contribution in [2.75, 3.05) is 31.3 Å². The standard InChI is InChI=1S/C11H16Cl2N2O2S/c1-15(3-4-18(2,16)17)7-8-5-9(12)11(14)10(13)6-8/h5-6H,3-4,7,14H2,1-2H3. The molecule has 0 aromatic heterocycles. The molecule has 0 aliphatic rings. The number of halogens is 2. The van der Waals surface area contributed by atoms with Crippen LogP contribution in [-0.2, 0) is 16.4 Å². The van der Waals surface area contributed by atoms with Crippen LogP contribution in [0, 0.1) is 0 Å². The summed E-state index contributed by atoms with van der Waals surface area (Å²) >= 11 is 11.9. The molecule has 0 aliphatic heterocycles. The number of nitrogens with two attached hydrogens (primary N) is 1. The van der Waals surface area contributed by atoms with E-state index < -0.39 is 9.84 Å². The highest BCUT2D eigenvalue weighted by Gasteiger charge is 2.09. The summed E-state index contributed by atoms with van der Waals surface area (Å²) in [4.78, 5) is 1.89. The van der Waals surface area contributed by atoms with Crippen LogP contribution in [0.1, 0.15) is 5.56 Å². The van der Waals surface area contributed by atoms with Gasteiger partial charge in [-0.15, -0.1) is 0 Å². The minimum absolute atomic E-state index is 0.125. The lowest BCUT2D eigenvalue weighted by Crippen LogP contribution is -2.24. The van der Waals surface area contributed by atoms with Crippen molar-refractivity contribution in [3.63, 3.8) is 0 Å². The summed E-state index contributed by atoms with van der Waals surface area (Å²) < 4.78 is 22.1. The Morgan fingerprint density at radius 2 is 1.78 bits per heavy atom. The number of anilines is 1. The summed E-state index contributed by atoms with van der Waals surface area (Å²) in [5.41, 5.74) is 6.90. The maximum atomic E-state index is 11.1. The molecule has 0 unspecified atom stereocenters. The Hall–Kier alpha value is -0.490. The predicted molar refractivity (Wildman–Crippen MR) is 76.9 cm³/mol. The van der Waals surface area contributed by atoms with E-state index in [1.165, 1.54) is 6.26 Å². The average Bonchev–Trinajstić information content (AvgIpc) is 2.22. The van der Waals surface area contributed by atoms with E-state index in [0.29, 0.717) is 28.8 Å². The van der Waals surface area contributed by atoms with Gasteiger partial charge in [0.05, 0.1) is 21.5 Å². The molecule has 1 rings (SSSR count). The molecule has 0 saturated carbocycles. The maximum absolute atomic E-state index is 11.1. The number of hydrogen-bond acceptors (Lipinski definition) is 4. The van der Waals surface area contributed by atoms with Gasteiger partial charge in [-0.2, -0.15) is 0 Å². The van der Waals surface area contributed by atoms with Crippen molar-refractivity contribution in [1.82, 2.24) is 4.90 Å². The van der Waals surface area contributed by atoms with Crippen LogP contribution in [-0.4, -0.2) is 38.9 Å². The first-order valence-electron chi connectivity index (χ1n) is 5.28. The Morgan fingerprint density at radius 3 is 2.22 bits per heavy atom. The van der Waals surface area contributed by atoms with Gasteiger partial charge in [0, 0.05) is 19.3 Å². The highest BCUT2D eigenvalue weighted by atomic mass is 35.5. The SMILES string of the molecule is CN(CCS(C)(=O)=O)Cc1cc(Cl)c(N)c(Cl)c1. The number of hydrogen-bond donors (Lipinski definition) is 1. The lowest BCUT2D eigenvalue weighted by Gasteiger charge is -2.17. The highest BCUT2D eigenvalue weighted by molar-refractivity contribution is 7.90. The molecule has 0 radical (unpaired) electrons. The Bertz CT molecular complexity index is 509. The molecule has 1 aromatic rings. The van der Waals surface area contributed by atoms with Crippen molar-refractivity contribution >= 4 is 38.7 Å². The Balaban J connectivity index is 2.68. The zero-order chi connectivity index (χ0) is 13.9. The molecule has 0 saturated heterocycles. The third kappa shape index (κ3) is 5.02. The van der Waals surface area contributed by atoms with Gasteiger partial charge in [0.1, 0.15) is 9.84 Å². The van der Waals surface area contributed by atoms with Crippen molar-refractivity contribution in [2.45, 2.75) is 6.54 Å².